The summed E-state index contributed by atoms with van der Waals surface area (Å²) in [7, 11) is -3.60. The molecule has 0 aromatic heterocycles. The Labute approximate surface area is 150 Å². The van der Waals surface area contributed by atoms with Crippen LogP contribution in [0, 0.1) is 17.2 Å². The minimum atomic E-state index is -3.60. The highest BCUT2D eigenvalue weighted by Gasteiger charge is 2.17. The monoisotopic (exact) mass is 356 g/mol. The van der Waals surface area contributed by atoms with Crippen LogP contribution in [0.4, 0.5) is 0 Å². The van der Waals surface area contributed by atoms with Crippen molar-refractivity contribution in [1.29, 1.82) is 5.26 Å². The number of nitrogens with zero attached hydrogens (tertiary/aromatic N) is 1. The average Bonchev–Trinajstić information content (AvgIpc) is 2.60. The van der Waals surface area contributed by atoms with Crippen LogP contribution in [0.25, 0.3) is 11.1 Å². The molecule has 0 heterocycles. The highest BCUT2D eigenvalue weighted by atomic mass is 32.2. The van der Waals surface area contributed by atoms with E-state index in [1.165, 1.54) is 11.6 Å². The largest absolute Gasteiger partial charge is 0.240 e. The van der Waals surface area contributed by atoms with Gasteiger partial charge in [0.15, 0.2) is 0 Å². The molecule has 2 aromatic carbocycles. The standard InChI is InChI=1S/C20H24N2O2S/c1-4-5-16-6-8-17(9-7-16)20-11-10-19(12-18(20)13-21)25(23,24)22-14-15(2)3/h6-12,15,22H,4-5,14H2,1-3H3. The molecule has 5 heteroatoms. The molecular formula is C20H24N2O2S. The number of rotatable bonds is 7. The first-order valence-electron chi connectivity index (χ1n) is 8.50. The fourth-order valence-corrected chi connectivity index (χ4v) is 3.77. The Bertz CT molecular complexity index is 864. The first-order chi connectivity index (χ1) is 11.9. The molecule has 2 rings (SSSR count). The Morgan fingerprint density at radius 3 is 2.36 bits per heavy atom. The average molecular weight is 356 g/mol. The summed E-state index contributed by atoms with van der Waals surface area (Å²) in [4.78, 5) is 0.121. The maximum absolute atomic E-state index is 12.3. The van der Waals surface area contributed by atoms with Crippen LogP contribution in [0.15, 0.2) is 47.4 Å². The number of hydrogen-bond donors (Lipinski definition) is 1. The van der Waals surface area contributed by atoms with Crippen LogP contribution in [-0.4, -0.2) is 15.0 Å². The van der Waals surface area contributed by atoms with Gasteiger partial charge in [-0.05, 0) is 41.2 Å². The van der Waals surface area contributed by atoms with Crippen molar-refractivity contribution in [3.05, 3.63) is 53.6 Å². The van der Waals surface area contributed by atoms with Crippen molar-refractivity contribution in [2.45, 2.75) is 38.5 Å². The van der Waals surface area contributed by atoms with Crippen LogP contribution in [0.5, 0.6) is 0 Å². The van der Waals surface area contributed by atoms with Crippen LogP contribution < -0.4 is 4.72 Å². The van der Waals surface area contributed by atoms with E-state index < -0.39 is 10.0 Å². The predicted molar refractivity (Wildman–Crippen MR) is 101 cm³/mol. The maximum Gasteiger partial charge on any atom is 0.240 e. The molecule has 0 aliphatic rings. The SMILES string of the molecule is CCCc1ccc(-c2ccc(S(=O)(=O)NCC(C)C)cc2C#N)cc1. The second kappa shape index (κ2) is 8.28. The van der Waals surface area contributed by atoms with E-state index in [0.29, 0.717) is 12.1 Å². The van der Waals surface area contributed by atoms with Crippen molar-refractivity contribution < 1.29 is 8.42 Å². The van der Waals surface area contributed by atoms with Crippen LogP contribution in [-0.2, 0) is 16.4 Å². The minimum absolute atomic E-state index is 0.121. The van der Waals surface area contributed by atoms with Gasteiger partial charge in [0.05, 0.1) is 16.5 Å². The van der Waals surface area contributed by atoms with Gasteiger partial charge in [-0.3, -0.25) is 0 Å². The molecule has 0 aliphatic carbocycles. The van der Waals surface area contributed by atoms with Crippen molar-refractivity contribution in [1.82, 2.24) is 4.72 Å². The molecular weight excluding hydrogens is 332 g/mol. The molecule has 2 aromatic rings. The molecule has 25 heavy (non-hydrogen) atoms. The lowest BCUT2D eigenvalue weighted by Crippen LogP contribution is -2.27. The second-order valence-corrected chi connectivity index (χ2v) is 8.28. The second-order valence-electron chi connectivity index (χ2n) is 6.51. The van der Waals surface area contributed by atoms with Crippen molar-refractivity contribution in [3.63, 3.8) is 0 Å². The molecule has 0 aliphatic heterocycles. The van der Waals surface area contributed by atoms with Gasteiger partial charge in [-0.1, -0.05) is 57.5 Å². The first-order valence-corrected chi connectivity index (χ1v) is 9.98. The summed E-state index contributed by atoms with van der Waals surface area (Å²) in [5.41, 5.74) is 3.27. The Morgan fingerprint density at radius 2 is 1.80 bits per heavy atom. The molecule has 0 bridgehead atoms. The van der Waals surface area contributed by atoms with E-state index in [2.05, 4.69) is 29.8 Å². The van der Waals surface area contributed by atoms with E-state index in [1.807, 2.05) is 26.0 Å². The Kier molecular flexibility index (Phi) is 6.35. The summed E-state index contributed by atoms with van der Waals surface area (Å²) in [5, 5.41) is 9.46. The molecule has 0 radical (unpaired) electrons. The summed E-state index contributed by atoms with van der Waals surface area (Å²) in [6.45, 7) is 6.38. The zero-order chi connectivity index (χ0) is 18.4. The third-order valence-electron chi connectivity index (χ3n) is 3.91. The molecule has 0 unspecified atom stereocenters. The summed E-state index contributed by atoms with van der Waals surface area (Å²) >= 11 is 0. The summed E-state index contributed by atoms with van der Waals surface area (Å²) in [5.74, 6) is 0.214. The van der Waals surface area contributed by atoms with Gasteiger partial charge in [0, 0.05) is 6.54 Å². The van der Waals surface area contributed by atoms with E-state index in [-0.39, 0.29) is 10.8 Å². The minimum Gasteiger partial charge on any atom is -0.211 e. The molecule has 0 atom stereocenters. The van der Waals surface area contributed by atoms with Crippen LogP contribution in [0.1, 0.15) is 38.3 Å². The number of hydrogen-bond acceptors (Lipinski definition) is 3. The smallest absolute Gasteiger partial charge is 0.211 e. The van der Waals surface area contributed by atoms with Crippen molar-refractivity contribution >= 4 is 10.0 Å². The number of aryl methyl sites for hydroxylation is 1. The van der Waals surface area contributed by atoms with Crippen LogP contribution in [0.3, 0.4) is 0 Å². The normalized spacial score (nSPS) is 11.5. The fourth-order valence-electron chi connectivity index (χ4n) is 2.53. The highest BCUT2D eigenvalue weighted by molar-refractivity contribution is 7.89. The zero-order valence-corrected chi connectivity index (χ0v) is 15.7. The summed E-state index contributed by atoms with van der Waals surface area (Å²) < 4.78 is 27.3. The Hall–Kier alpha value is -2.16. The molecule has 0 spiro atoms. The van der Waals surface area contributed by atoms with Crippen molar-refractivity contribution in [2.75, 3.05) is 6.54 Å². The molecule has 0 fully saturated rings. The number of nitrogens with one attached hydrogen (secondary N) is 1. The van der Waals surface area contributed by atoms with Gasteiger partial charge in [-0.2, -0.15) is 5.26 Å². The van der Waals surface area contributed by atoms with Gasteiger partial charge in [0.2, 0.25) is 10.0 Å². The van der Waals surface area contributed by atoms with Gasteiger partial charge < -0.3 is 0 Å². The highest BCUT2D eigenvalue weighted by Crippen LogP contribution is 2.26. The predicted octanol–water partition coefficient (Wildman–Crippen LogP) is 4.11. The van der Waals surface area contributed by atoms with Crippen molar-refractivity contribution in [2.24, 2.45) is 5.92 Å². The Balaban J connectivity index is 2.35. The lowest BCUT2D eigenvalue weighted by molar-refractivity contribution is 0.560. The Morgan fingerprint density at radius 1 is 1.12 bits per heavy atom. The molecule has 0 amide bonds. The number of nitriles is 1. The molecule has 4 nitrogen and oxygen atoms in total. The topological polar surface area (TPSA) is 70.0 Å². The lowest BCUT2D eigenvalue weighted by atomic mass is 9.98. The zero-order valence-electron chi connectivity index (χ0n) is 14.9. The molecule has 1 N–H and O–H groups in total. The van der Waals surface area contributed by atoms with E-state index in [0.717, 1.165) is 24.0 Å². The van der Waals surface area contributed by atoms with E-state index in [9.17, 15) is 13.7 Å². The van der Waals surface area contributed by atoms with Crippen LogP contribution >= 0.6 is 0 Å². The van der Waals surface area contributed by atoms with Gasteiger partial charge in [0.1, 0.15) is 0 Å². The first kappa shape index (κ1) is 19.2. The van der Waals surface area contributed by atoms with E-state index in [1.54, 1.807) is 12.1 Å². The van der Waals surface area contributed by atoms with E-state index >= 15 is 0 Å². The maximum atomic E-state index is 12.3. The molecule has 132 valence electrons. The quantitative estimate of drug-likeness (QED) is 0.811. The number of benzene rings is 2. The van der Waals surface area contributed by atoms with Crippen molar-refractivity contribution in [3.8, 4) is 17.2 Å². The van der Waals surface area contributed by atoms with Gasteiger partial charge in [-0.25, -0.2) is 13.1 Å². The number of sulfonamides is 1. The fraction of sp³-hybridized carbons (Fsp3) is 0.350. The lowest BCUT2D eigenvalue weighted by Gasteiger charge is -2.11. The molecule has 0 saturated carbocycles. The molecule has 0 saturated heterocycles. The van der Waals surface area contributed by atoms with Gasteiger partial charge >= 0.3 is 0 Å². The third-order valence-corrected chi connectivity index (χ3v) is 5.33. The van der Waals surface area contributed by atoms with E-state index in [4.69, 9.17) is 0 Å². The third kappa shape index (κ3) is 4.91. The van der Waals surface area contributed by atoms with Gasteiger partial charge in [0.25, 0.3) is 0 Å². The summed E-state index contributed by atoms with van der Waals surface area (Å²) in [6, 6.07) is 14.9. The summed E-state index contributed by atoms with van der Waals surface area (Å²) in [6.07, 6.45) is 2.10. The van der Waals surface area contributed by atoms with Crippen LogP contribution in [0.2, 0.25) is 0 Å². The van der Waals surface area contributed by atoms with Gasteiger partial charge in [-0.15, -0.1) is 0 Å².